The Labute approximate surface area is 118 Å². The number of hydrogen-bond acceptors (Lipinski definition) is 2. The molecule has 0 aromatic carbocycles. The molecule has 1 heterocycles. The maximum Gasteiger partial charge on any atom is 0.237 e. The summed E-state index contributed by atoms with van der Waals surface area (Å²) >= 11 is 0. The largest absolute Gasteiger partial charge is 0.355 e. The van der Waals surface area contributed by atoms with Gasteiger partial charge in [0.2, 0.25) is 5.91 Å². The Morgan fingerprint density at radius 1 is 1.00 bits per heavy atom. The first-order valence-corrected chi connectivity index (χ1v) is 8.35. The molecule has 1 atom stereocenters. The van der Waals surface area contributed by atoms with Gasteiger partial charge in [-0.1, -0.05) is 64.7 Å². The molecule has 0 radical (unpaired) electrons. The van der Waals surface area contributed by atoms with E-state index >= 15 is 0 Å². The normalized spacial score (nSPS) is 18.1. The third-order valence-corrected chi connectivity index (χ3v) is 3.97. The van der Waals surface area contributed by atoms with Gasteiger partial charge < -0.3 is 10.6 Å². The van der Waals surface area contributed by atoms with Crippen LogP contribution in [0.3, 0.4) is 0 Å². The molecule has 0 spiro atoms. The molecular weight excluding hydrogens is 236 g/mol. The fourth-order valence-electron chi connectivity index (χ4n) is 2.46. The molecule has 1 unspecified atom stereocenters. The van der Waals surface area contributed by atoms with E-state index < -0.39 is 0 Å². The summed E-state index contributed by atoms with van der Waals surface area (Å²) in [4.78, 5) is 11.5. The third-order valence-electron chi connectivity index (χ3n) is 3.97. The predicted octanol–water partition coefficient (Wildman–Crippen LogP) is 3.39. The van der Waals surface area contributed by atoms with Crippen molar-refractivity contribution in [3.05, 3.63) is 0 Å². The fraction of sp³-hybridized carbons (Fsp3) is 0.938. The molecule has 0 aromatic rings. The first kappa shape index (κ1) is 16.5. The van der Waals surface area contributed by atoms with Crippen molar-refractivity contribution in [3.8, 4) is 0 Å². The summed E-state index contributed by atoms with van der Waals surface area (Å²) in [5.41, 5.74) is 0. The molecule has 2 N–H and O–H groups in total. The van der Waals surface area contributed by atoms with Crippen LogP contribution in [0.5, 0.6) is 0 Å². The quantitative estimate of drug-likeness (QED) is 0.533. The van der Waals surface area contributed by atoms with E-state index in [1.165, 1.54) is 57.8 Å². The lowest BCUT2D eigenvalue weighted by Crippen LogP contribution is -2.53. The Balaban J connectivity index is 1.72. The number of carbonyl (C=O) groups excluding carboxylic acids is 1. The van der Waals surface area contributed by atoms with Crippen molar-refractivity contribution < 1.29 is 4.79 Å². The topological polar surface area (TPSA) is 41.1 Å². The summed E-state index contributed by atoms with van der Waals surface area (Å²) in [6.07, 6.45) is 14.4. The van der Waals surface area contributed by atoms with Gasteiger partial charge >= 0.3 is 0 Å². The molecule has 1 aliphatic rings. The summed E-state index contributed by atoms with van der Waals surface area (Å²) in [6, 6.07) is 0.100. The lowest BCUT2D eigenvalue weighted by Gasteiger charge is -2.26. The van der Waals surface area contributed by atoms with Crippen LogP contribution in [-0.2, 0) is 4.79 Å². The number of nitrogens with one attached hydrogen (secondary N) is 2. The fourth-order valence-corrected chi connectivity index (χ4v) is 2.46. The van der Waals surface area contributed by atoms with Crippen LogP contribution in [0.1, 0.15) is 77.6 Å². The van der Waals surface area contributed by atoms with E-state index in [1.807, 2.05) is 0 Å². The average molecular weight is 268 g/mol. The van der Waals surface area contributed by atoms with E-state index in [2.05, 4.69) is 17.6 Å². The number of hydrogen-bond donors (Lipinski definition) is 2. The Morgan fingerprint density at radius 2 is 1.53 bits per heavy atom. The highest BCUT2D eigenvalue weighted by Gasteiger charge is 2.23. The van der Waals surface area contributed by atoms with E-state index in [-0.39, 0.29) is 11.9 Å². The lowest BCUT2D eigenvalue weighted by molar-refractivity contribution is -0.124. The average Bonchev–Trinajstić information content (AvgIpc) is 2.34. The minimum absolute atomic E-state index is 0.100. The highest BCUT2D eigenvalue weighted by Crippen LogP contribution is 2.10. The molecule has 1 rings (SSSR count). The van der Waals surface area contributed by atoms with E-state index in [4.69, 9.17) is 0 Å². The molecule has 112 valence electrons. The second-order valence-electron chi connectivity index (χ2n) is 5.77. The first-order valence-electron chi connectivity index (χ1n) is 8.35. The summed E-state index contributed by atoms with van der Waals surface area (Å²) in [7, 11) is 0. The van der Waals surface area contributed by atoms with Crippen molar-refractivity contribution >= 4 is 5.91 Å². The standard InChI is InChI=1S/C16H32N2O/c1-2-3-4-5-6-7-8-9-10-11-13-18-16(19)15-12-14-17-15/h15,17H,2-14H2,1H3,(H,18,19). The third kappa shape index (κ3) is 8.25. The predicted molar refractivity (Wildman–Crippen MR) is 81.3 cm³/mol. The molecule has 19 heavy (non-hydrogen) atoms. The van der Waals surface area contributed by atoms with Crippen molar-refractivity contribution in [2.24, 2.45) is 0 Å². The minimum Gasteiger partial charge on any atom is -0.355 e. The zero-order valence-corrected chi connectivity index (χ0v) is 12.7. The van der Waals surface area contributed by atoms with Gasteiger partial charge in [0, 0.05) is 6.54 Å². The van der Waals surface area contributed by atoms with Gasteiger partial charge in [-0.3, -0.25) is 4.79 Å². The SMILES string of the molecule is CCCCCCCCCCCCNC(=O)C1CCN1. The molecule has 3 nitrogen and oxygen atoms in total. The second kappa shape index (κ2) is 11.3. The maximum absolute atomic E-state index is 11.5. The molecule has 1 fully saturated rings. The molecule has 1 amide bonds. The first-order chi connectivity index (χ1) is 9.34. The Kier molecular flexibility index (Phi) is 9.78. The number of unbranched alkanes of at least 4 members (excludes halogenated alkanes) is 9. The Morgan fingerprint density at radius 3 is 2.00 bits per heavy atom. The zero-order valence-electron chi connectivity index (χ0n) is 12.7. The van der Waals surface area contributed by atoms with Crippen molar-refractivity contribution in [1.82, 2.24) is 10.6 Å². The molecule has 0 bridgehead atoms. The van der Waals surface area contributed by atoms with Gasteiger partial charge in [0.25, 0.3) is 0 Å². The van der Waals surface area contributed by atoms with Crippen LogP contribution in [0.4, 0.5) is 0 Å². The van der Waals surface area contributed by atoms with Crippen molar-refractivity contribution in [2.75, 3.05) is 13.1 Å². The summed E-state index contributed by atoms with van der Waals surface area (Å²) in [6.45, 7) is 4.11. The van der Waals surface area contributed by atoms with Gasteiger partial charge in [0.05, 0.1) is 6.04 Å². The van der Waals surface area contributed by atoms with Gasteiger partial charge in [-0.05, 0) is 19.4 Å². The highest BCUT2D eigenvalue weighted by atomic mass is 16.2. The molecule has 0 aromatic heterocycles. The van der Waals surface area contributed by atoms with Crippen LogP contribution in [0, 0.1) is 0 Å². The van der Waals surface area contributed by atoms with Crippen LogP contribution in [0.25, 0.3) is 0 Å². The molecule has 0 saturated carbocycles. The van der Waals surface area contributed by atoms with Crippen LogP contribution in [-0.4, -0.2) is 25.0 Å². The van der Waals surface area contributed by atoms with E-state index in [9.17, 15) is 4.79 Å². The number of amides is 1. The number of carbonyl (C=O) groups is 1. The van der Waals surface area contributed by atoms with Crippen LogP contribution in [0.15, 0.2) is 0 Å². The smallest absolute Gasteiger partial charge is 0.237 e. The summed E-state index contributed by atoms with van der Waals surface area (Å²) in [5, 5.41) is 6.13. The minimum atomic E-state index is 0.100. The van der Waals surface area contributed by atoms with E-state index in [0.717, 1.165) is 25.9 Å². The summed E-state index contributed by atoms with van der Waals surface area (Å²) < 4.78 is 0. The Bertz CT molecular complexity index is 227. The van der Waals surface area contributed by atoms with E-state index in [0.29, 0.717) is 0 Å². The van der Waals surface area contributed by atoms with Gasteiger partial charge in [-0.2, -0.15) is 0 Å². The maximum atomic E-state index is 11.5. The lowest BCUT2D eigenvalue weighted by atomic mass is 10.1. The highest BCUT2D eigenvalue weighted by molar-refractivity contribution is 5.82. The second-order valence-corrected chi connectivity index (χ2v) is 5.77. The van der Waals surface area contributed by atoms with Gasteiger partial charge in [-0.25, -0.2) is 0 Å². The van der Waals surface area contributed by atoms with Gasteiger partial charge in [0.1, 0.15) is 0 Å². The number of rotatable bonds is 12. The molecule has 0 aliphatic carbocycles. The van der Waals surface area contributed by atoms with Gasteiger partial charge in [0.15, 0.2) is 0 Å². The summed E-state index contributed by atoms with van der Waals surface area (Å²) in [5.74, 6) is 0.196. The van der Waals surface area contributed by atoms with Crippen molar-refractivity contribution in [3.63, 3.8) is 0 Å². The van der Waals surface area contributed by atoms with E-state index in [1.54, 1.807) is 0 Å². The van der Waals surface area contributed by atoms with Crippen LogP contribution >= 0.6 is 0 Å². The van der Waals surface area contributed by atoms with Crippen molar-refractivity contribution in [2.45, 2.75) is 83.6 Å². The zero-order chi connectivity index (χ0) is 13.8. The molecule has 3 heteroatoms. The molecule has 1 aliphatic heterocycles. The van der Waals surface area contributed by atoms with Crippen LogP contribution < -0.4 is 10.6 Å². The Hall–Kier alpha value is -0.570. The monoisotopic (exact) mass is 268 g/mol. The van der Waals surface area contributed by atoms with Crippen LogP contribution in [0.2, 0.25) is 0 Å². The van der Waals surface area contributed by atoms with Gasteiger partial charge in [-0.15, -0.1) is 0 Å². The molecular formula is C16H32N2O. The van der Waals surface area contributed by atoms with Crippen molar-refractivity contribution in [1.29, 1.82) is 0 Å². The molecule has 1 saturated heterocycles.